The zero-order chi connectivity index (χ0) is 10.1. The minimum atomic E-state index is 0.628. The number of benzene rings is 1. The summed E-state index contributed by atoms with van der Waals surface area (Å²) in [5.74, 6) is 0.628. The maximum absolute atomic E-state index is 3.54. The largest absolute Gasteiger partial charge is 0.0801 e. The van der Waals surface area contributed by atoms with Crippen molar-refractivity contribution in [1.29, 1.82) is 0 Å². The molecule has 0 saturated carbocycles. The number of hydrogen-bond donors (Lipinski definition) is 0. The van der Waals surface area contributed by atoms with Gasteiger partial charge in [0.25, 0.3) is 0 Å². The van der Waals surface area contributed by atoms with Gasteiger partial charge in [0.2, 0.25) is 0 Å². The summed E-state index contributed by atoms with van der Waals surface area (Å²) in [5.41, 5.74) is 4.45. The molecule has 0 atom stereocenters. The van der Waals surface area contributed by atoms with Gasteiger partial charge in [-0.1, -0.05) is 41.9 Å². The van der Waals surface area contributed by atoms with E-state index in [9.17, 15) is 0 Å². The molecule has 0 nitrogen and oxygen atoms in total. The lowest BCUT2D eigenvalue weighted by atomic mass is 9.85. The third kappa shape index (κ3) is 1.78. The normalized spacial score (nSPS) is 15.3. The molecule has 0 N–H and O–H groups in total. The summed E-state index contributed by atoms with van der Waals surface area (Å²) < 4.78 is 1.18. The fraction of sp³-hybridized carbons (Fsp3) is 0.385. The first-order valence-corrected chi connectivity index (χ1v) is 5.96. The van der Waals surface area contributed by atoms with E-state index in [4.69, 9.17) is 0 Å². The first-order chi connectivity index (χ1) is 6.68. The quantitative estimate of drug-likeness (QED) is 0.692. The van der Waals surface area contributed by atoms with Crippen LogP contribution in [0.15, 0.2) is 28.7 Å². The third-order valence-corrected chi connectivity index (χ3v) is 3.28. The molecule has 0 amide bonds. The topological polar surface area (TPSA) is 0 Å². The molecule has 1 aromatic carbocycles. The lowest BCUT2D eigenvalue weighted by molar-refractivity contribution is 0.829. The first kappa shape index (κ1) is 9.97. The molecule has 0 unspecified atom stereocenters. The van der Waals surface area contributed by atoms with Crippen LogP contribution >= 0.6 is 15.9 Å². The highest BCUT2D eigenvalue weighted by molar-refractivity contribution is 9.10. The number of hydrogen-bond acceptors (Lipinski definition) is 0. The second-order valence-electron chi connectivity index (χ2n) is 4.15. The van der Waals surface area contributed by atoms with Crippen molar-refractivity contribution >= 4 is 21.5 Å². The first-order valence-electron chi connectivity index (χ1n) is 5.17. The van der Waals surface area contributed by atoms with Crippen molar-refractivity contribution in [2.75, 3.05) is 0 Å². The van der Waals surface area contributed by atoms with E-state index in [2.05, 4.69) is 54.1 Å². The van der Waals surface area contributed by atoms with Crippen LogP contribution in [0.5, 0.6) is 0 Å². The maximum atomic E-state index is 3.54. The Balaban J connectivity index is 2.51. The van der Waals surface area contributed by atoms with E-state index in [0.717, 1.165) is 0 Å². The van der Waals surface area contributed by atoms with Gasteiger partial charge in [0.1, 0.15) is 0 Å². The Kier molecular flexibility index (Phi) is 2.78. The highest BCUT2D eigenvalue weighted by Crippen LogP contribution is 2.33. The molecule has 1 aromatic rings. The Morgan fingerprint density at radius 2 is 2.07 bits per heavy atom. The summed E-state index contributed by atoms with van der Waals surface area (Å²) >= 11 is 3.54. The molecule has 1 aliphatic carbocycles. The number of rotatable bonds is 1. The molecule has 0 aliphatic heterocycles. The van der Waals surface area contributed by atoms with Crippen LogP contribution < -0.4 is 0 Å². The van der Waals surface area contributed by atoms with Crippen LogP contribution in [0.2, 0.25) is 0 Å². The molecule has 1 aliphatic rings. The van der Waals surface area contributed by atoms with Crippen molar-refractivity contribution < 1.29 is 0 Å². The van der Waals surface area contributed by atoms with Gasteiger partial charge < -0.3 is 0 Å². The van der Waals surface area contributed by atoms with Crippen molar-refractivity contribution in [3.05, 3.63) is 39.9 Å². The van der Waals surface area contributed by atoms with Crippen LogP contribution in [0.3, 0.4) is 0 Å². The Morgan fingerprint density at radius 1 is 1.29 bits per heavy atom. The van der Waals surface area contributed by atoms with Crippen LogP contribution in [-0.4, -0.2) is 0 Å². The van der Waals surface area contributed by atoms with Crippen molar-refractivity contribution in [1.82, 2.24) is 0 Å². The van der Waals surface area contributed by atoms with Crippen molar-refractivity contribution in [3.8, 4) is 0 Å². The summed E-state index contributed by atoms with van der Waals surface area (Å²) in [6.45, 7) is 4.53. The van der Waals surface area contributed by atoms with E-state index in [1.807, 2.05) is 0 Å². The average molecular weight is 251 g/mol. The Bertz CT molecular complexity index is 375. The molecular weight excluding hydrogens is 236 g/mol. The van der Waals surface area contributed by atoms with E-state index >= 15 is 0 Å². The van der Waals surface area contributed by atoms with Crippen molar-refractivity contribution in [3.63, 3.8) is 0 Å². The molecule has 0 radical (unpaired) electrons. The van der Waals surface area contributed by atoms with Gasteiger partial charge in [-0.2, -0.15) is 0 Å². The average Bonchev–Trinajstić information content (AvgIpc) is 2.16. The predicted octanol–water partition coefficient (Wildman–Crippen LogP) is 4.43. The van der Waals surface area contributed by atoms with E-state index in [1.54, 1.807) is 0 Å². The molecule has 0 spiro atoms. The summed E-state index contributed by atoms with van der Waals surface area (Å²) in [6, 6.07) is 6.64. The van der Waals surface area contributed by atoms with Crippen LogP contribution in [0.4, 0.5) is 0 Å². The van der Waals surface area contributed by atoms with Gasteiger partial charge in [-0.25, -0.2) is 0 Å². The molecule has 14 heavy (non-hydrogen) atoms. The third-order valence-electron chi connectivity index (χ3n) is 2.78. The zero-order valence-corrected chi connectivity index (χ0v) is 10.3. The Hall–Kier alpha value is -0.560. The second kappa shape index (κ2) is 3.90. The van der Waals surface area contributed by atoms with Gasteiger partial charge in [-0.3, -0.25) is 0 Å². The fourth-order valence-corrected chi connectivity index (χ4v) is 2.44. The monoisotopic (exact) mass is 250 g/mol. The Morgan fingerprint density at radius 3 is 2.79 bits per heavy atom. The van der Waals surface area contributed by atoms with Crippen LogP contribution in [0.25, 0.3) is 5.57 Å². The molecule has 2 rings (SSSR count). The van der Waals surface area contributed by atoms with Gasteiger partial charge in [0, 0.05) is 4.47 Å². The van der Waals surface area contributed by atoms with E-state index in [-0.39, 0.29) is 0 Å². The van der Waals surface area contributed by atoms with Crippen molar-refractivity contribution in [2.45, 2.75) is 26.7 Å². The molecule has 1 heteroatoms. The minimum Gasteiger partial charge on any atom is -0.0801 e. The van der Waals surface area contributed by atoms with Crippen LogP contribution in [0, 0.1) is 5.92 Å². The summed E-state index contributed by atoms with van der Waals surface area (Å²) in [5, 5.41) is 0. The summed E-state index contributed by atoms with van der Waals surface area (Å²) in [4.78, 5) is 0. The van der Waals surface area contributed by atoms with E-state index < -0.39 is 0 Å². The van der Waals surface area contributed by atoms with Gasteiger partial charge >= 0.3 is 0 Å². The SMILES string of the molecule is CC(C)C1=CCCc2ccc(Br)cc21. The van der Waals surface area contributed by atoms with Crippen LogP contribution in [0.1, 0.15) is 31.4 Å². The molecule has 0 bridgehead atoms. The highest BCUT2D eigenvalue weighted by Gasteiger charge is 2.14. The molecule has 0 saturated heterocycles. The molecule has 0 heterocycles. The summed E-state index contributed by atoms with van der Waals surface area (Å²) in [6.07, 6.45) is 4.78. The number of halogens is 1. The van der Waals surface area contributed by atoms with Crippen LogP contribution in [-0.2, 0) is 6.42 Å². The number of fused-ring (bicyclic) bond motifs is 1. The fourth-order valence-electron chi connectivity index (χ4n) is 2.08. The second-order valence-corrected chi connectivity index (χ2v) is 5.07. The van der Waals surface area contributed by atoms with Gasteiger partial charge in [-0.05, 0) is 47.6 Å². The predicted molar refractivity (Wildman–Crippen MR) is 65.3 cm³/mol. The summed E-state index contributed by atoms with van der Waals surface area (Å²) in [7, 11) is 0. The van der Waals surface area contributed by atoms with E-state index in [1.165, 1.54) is 34.0 Å². The van der Waals surface area contributed by atoms with E-state index in [0.29, 0.717) is 5.92 Å². The molecule has 0 aromatic heterocycles. The lowest BCUT2D eigenvalue weighted by Gasteiger charge is -2.20. The number of aryl methyl sites for hydroxylation is 1. The molecular formula is C13H15Br. The van der Waals surface area contributed by atoms with Gasteiger partial charge in [0.15, 0.2) is 0 Å². The number of allylic oxidation sites excluding steroid dienone is 2. The maximum Gasteiger partial charge on any atom is 0.0181 e. The highest BCUT2D eigenvalue weighted by atomic mass is 79.9. The van der Waals surface area contributed by atoms with Crippen molar-refractivity contribution in [2.24, 2.45) is 5.92 Å². The molecule has 0 fully saturated rings. The molecule has 74 valence electrons. The zero-order valence-electron chi connectivity index (χ0n) is 8.68. The lowest BCUT2D eigenvalue weighted by Crippen LogP contribution is -2.03. The standard InChI is InChI=1S/C13H15Br/c1-9(2)12-5-3-4-10-6-7-11(14)8-13(10)12/h5-9H,3-4H2,1-2H3. The van der Waals surface area contributed by atoms with Gasteiger partial charge in [0.05, 0.1) is 0 Å². The van der Waals surface area contributed by atoms with Gasteiger partial charge in [-0.15, -0.1) is 0 Å². The minimum absolute atomic E-state index is 0.628. The Labute approximate surface area is 94.2 Å². The smallest absolute Gasteiger partial charge is 0.0181 e.